The Hall–Kier alpha value is -1.61. The van der Waals surface area contributed by atoms with Crippen LogP contribution in [0.2, 0.25) is 0 Å². The Morgan fingerprint density at radius 3 is 2.29 bits per heavy atom. The lowest BCUT2D eigenvalue weighted by Crippen LogP contribution is -2.28. The van der Waals surface area contributed by atoms with E-state index in [0.29, 0.717) is 0 Å². The molecule has 2 nitrogen and oxygen atoms in total. The van der Waals surface area contributed by atoms with Gasteiger partial charge in [0.25, 0.3) is 5.91 Å². The Kier molecular flexibility index (Phi) is 4.84. The van der Waals surface area contributed by atoms with E-state index in [2.05, 4.69) is 21.2 Å². The van der Waals surface area contributed by atoms with Crippen molar-refractivity contribution in [2.75, 3.05) is 0 Å². The first-order chi connectivity index (χ1) is 9.88. The number of rotatable bonds is 3. The number of amides is 1. The van der Waals surface area contributed by atoms with Crippen LogP contribution in [0.25, 0.3) is 0 Å². The number of aryl methyl sites for hydroxylation is 3. The summed E-state index contributed by atoms with van der Waals surface area (Å²) < 4.78 is 1.02. The molecular formula is C18H20BrNO. The number of nitrogens with one attached hydrogen (secondary N) is 1. The molecule has 110 valence electrons. The predicted molar refractivity (Wildman–Crippen MR) is 90.7 cm³/mol. The maximum atomic E-state index is 12.5. The van der Waals surface area contributed by atoms with E-state index in [1.807, 2.05) is 64.1 Å². The zero-order valence-electron chi connectivity index (χ0n) is 12.8. The number of hydrogen-bond acceptors (Lipinski definition) is 1. The molecule has 0 aliphatic rings. The third-order valence-electron chi connectivity index (χ3n) is 3.60. The first-order valence-electron chi connectivity index (χ1n) is 7.02. The van der Waals surface area contributed by atoms with E-state index >= 15 is 0 Å². The summed E-state index contributed by atoms with van der Waals surface area (Å²) in [6.45, 7) is 8.02. The minimum absolute atomic E-state index is 0.0162. The highest BCUT2D eigenvalue weighted by atomic mass is 79.9. The maximum absolute atomic E-state index is 12.5. The summed E-state index contributed by atoms with van der Waals surface area (Å²) in [5, 5.41) is 3.08. The molecule has 0 bridgehead atoms. The Bertz CT molecular complexity index is 656. The highest BCUT2D eigenvalue weighted by Crippen LogP contribution is 2.20. The van der Waals surface area contributed by atoms with Crippen molar-refractivity contribution in [2.45, 2.75) is 33.7 Å². The molecule has 0 aliphatic carbocycles. The minimum atomic E-state index is -0.0323. The van der Waals surface area contributed by atoms with Crippen molar-refractivity contribution in [3.63, 3.8) is 0 Å². The van der Waals surface area contributed by atoms with Gasteiger partial charge < -0.3 is 5.32 Å². The Labute approximate surface area is 134 Å². The molecule has 1 unspecified atom stereocenters. The number of carbonyl (C=O) groups is 1. The van der Waals surface area contributed by atoms with Gasteiger partial charge in [0, 0.05) is 10.0 Å². The van der Waals surface area contributed by atoms with Gasteiger partial charge in [-0.1, -0.05) is 45.8 Å². The largest absolute Gasteiger partial charge is 0.346 e. The summed E-state index contributed by atoms with van der Waals surface area (Å²) in [7, 11) is 0. The Balaban J connectivity index is 2.22. The third kappa shape index (κ3) is 3.73. The zero-order valence-corrected chi connectivity index (χ0v) is 14.4. The van der Waals surface area contributed by atoms with Crippen molar-refractivity contribution in [3.05, 3.63) is 68.7 Å². The first-order valence-corrected chi connectivity index (χ1v) is 7.82. The number of halogens is 1. The SMILES string of the molecule is Cc1cc(C)c(C(=O)NC(C)c2cccc(Br)c2)c(C)c1. The summed E-state index contributed by atoms with van der Waals surface area (Å²) in [6.07, 6.45) is 0. The summed E-state index contributed by atoms with van der Waals surface area (Å²) in [4.78, 5) is 12.5. The van der Waals surface area contributed by atoms with Crippen LogP contribution in [0.5, 0.6) is 0 Å². The van der Waals surface area contributed by atoms with Crippen LogP contribution in [0.15, 0.2) is 40.9 Å². The second-order valence-corrected chi connectivity index (χ2v) is 6.44. The highest BCUT2D eigenvalue weighted by molar-refractivity contribution is 9.10. The van der Waals surface area contributed by atoms with Crippen LogP contribution in [-0.4, -0.2) is 5.91 Å². The smallest absolute Gasteiger partial charge is 0.252 e. The number of hydrogen-bond donors (Lipinski definition) is 1. The lowest BCUT2D eigenvalue weighted by molar-refractivity contribution is 0.0938. The molecule has 1 atom stereocenters. The van der Waals surface area contributed by atoms with Crippen molar-refractivity contribution >= 4 is 21.8 Å². The van der Waals surface area contributed by atoms with Crippen LogP contribution in [0.3, 0.4) is 0 Å². The van der Waals surface area contributed by atoms with Crippen molar-refractivity contribution in [1.82, 2.24) is 5.32 Å². The number of carbonyl (C=O) groups excluding carboxylic acids is 1. The molecule has 0 spiro atoms. The van der Waals surface area contributed by atoms with Crippen LogP contribution in [-0.2, 0) is 0 Å². The summed E-state index contributed by atoms with van der Waals surface area (Å²) in [5.74, 6) is -0.0162. The molecule has 2 aromatic carbocycles. The van der Waals surface area contributed by atoms with Gasteiger partial charge in [-0.3, -0.25) is 4.79 Å². The van der Waals surface area contributed by atoms with Gasteiger partial charge >= 0.3 is 0 Å². The van der Waals surface area contributed by atoms with E-state index in [4.69, 9.17) is 0 Å². The Morgan fingerprint density at radius 1 is 1.10 bits per heavy atom. The second kappa shape index (κ2) is 6.44. The summed E-state index contributed by atoms with van der Waals surface area (Å²) >= 11 is 3.46. The molecule has 0 heterocycles. The maximum Gasteiger partial charge on any atom is 0.252 e. The van der Waals surface area contributed by atoms with Gasteiger partial charge in [0.2, 0.25) is 0 Å². The van der Waals surface area contributed by atoms with E-state index < -0.39 is 0 Å². The summed E-state index contributed by atoms with van der Waals surface area (Å²) in [6, 6.07) is 12.1. The molecule has 0 saturated heterocycles. The fourth-order valence-electron chi connectivity index (χ4n) is 2.67. The molecule has 0 radical (unpaired) electrons. The van der Waals surface area contributed by atoms with Crippen LogP contribution in [0.1, 0.15) is 45.6 Å². The monoisotopic (exact) mass is 345 g/mol. The molecule has 2 rings (SSSR count). The molecule has 0 fully saturated rings. The van der Waals surface area contributed by atoms with Crippen molar-refractivity contribution in [2.24, 2.45) is 0 Å². The molecular weight excluding hydrogens is 326 g/mol. The minimum Gasteiger partial charge on any atom is -0.346 e. The second-order valence-electron chi connectivity index (χ2n) is 5.52. The molecule has 0 aromatic heterocycles. The predicted octanol–water partition coefficient (Wildman–Crippen LogP) is 4.87. The molecule has 1 N–H and O–H groups in total. The Morgan fingerprint density at radius 2 is 1.71 bits per heavy atom. The lowest BCUT2D eigenvalue weighted by Gasteiger charge is -2.17. The molecule has 2 aromatic rings. The standard InChI is InChI=1S/C18H20BrNO/c1-11-8-12(2)17(13(3)9-11)18(21)20-14(4)15-6-5-7-16(19)10-15/h5-10,14H,1-4H3,(H,20,21). The van der Waals surface area contributed by atoms with E-state index in [9.17, 15) is 4.79 Å². The number of benzene rings is 2. The molecule has 0 saturated carbocycles. The van der Waals surface area contributed by atoms with Crippen LogP contribution in [0.4, 0.5) is 0 Å². The van der Waals surface area contributed by atoms with E-state index in [1.54, 1.807) is 0 Å². The normalized spacial score (nSPS) is 12.0. The molecule has 3 heteroatoms. The third-order valence-corrected chi connectivity index (χ3v) is 4.09. The lowest BCUT2D eigenvalue weighted by atomic mass is 9.98. The van der Waals surface area contributed by atoms with E-state index in [0.717, 1.165) is 26.7 Å². The van der Waals surface area contributed by atoms with Gasteiger partial charge in [-0.15, -0.1) is 0 Å². The van der Waals surface area contributed by atoms with E-state index in [-0.39, 0.29) is 11.9 Å². The van der Waals surface area contributed by atoms with Gasteiger partial charge in [0.1, 0.15) is 0 Å². The molecule has 0 aliphatic heterocycles. The quantitative estimate of drug-likeness (QED) is 0.844. The van der Waals surface area contributed by atoms with Gasteiger partial charge in [0.05, 0.1) is 6.04 Å². The van der Waals surface area contributed by atoms with Crippen LogP contribution < -0.4 is 5.32 Å². The van der Waals surface area contributed by atoms with Crippen molar-refractivity contribution in [3.8, 4) is 0 Å². The van der Waals surface area contributed by atoms with Gasteiger partial charge in [0.15, 0.2) is 0 Å². The zero-order chi connectivity index (χ0) is 15.6. The van der Waals surface area contributed by atoms with Crippen LogP contribution >= 0.6 is 15.9 Å². The summed E-state index contributed by atoms with van der Waals surface area (Å²) in [5.41, 5.74) is 5.09. The van der Waals surface area contributed by atoms with Crippen molar-refractivity contribution in [1.29, 1.82) is 0 Å². The average Bonchev–Trinajstić information content (AvgIpc) is 2.37. The fraction of sp³-hybridized carbons (Fsp3) is 0.278. The van der Waals surface area contributed by atoms with Crippen molar-refractivity contribution < 1.29 is 4.79 Å². The first kappa shape index (κ1) is 15.8. The van der Waals surface area contributed by atoms with Gasteiger partial charge in [-0.2, -0.15) is 0 Å². The van der Waals surface area contributed by atoms with Gasteiger partial charge in [-0.25, -0.2) is 0 Å². The van der Waals surface area contributed by atoms with Crippen LogP contribution in [0, 0.1) is 20.8 Å². The molecule has 1 amide bonds. The highest BCUT2D eigenvalue weighted by Gasteiger charge is 2.16. The molecule has 21 heavy (non-hydrogen) atoms. The topological polar surface area (TPSA) is 29.1 Å². The van der Waals surface area contributed by atoms with E-state index in [1.165, 1.54) is 5.56 Å². The fourth-order valence-corrected chi connectivity index (χ4v) is 3.08. The van der Waals surface area contributed by atoms with Gasteiger partial charge in [-0.05, 0) is 56.5 Å². The average molecular weight is 346 g/mol.